The average molecular weight is 453 g/mol. The summed E-state index contributed by atoms with van der Waals surface area (Å²) in [6, 6.07) is 6.86. The molecule has 0 spiro atoms. The molecular weight excluding hydrogens is 423 g/mol. The van der Waals surface area contributed by atoms with Gasteiger partial charge in [-0.25, -0.2) is 19.8 Å². The topological polar surface area (TPSA) is 104 Å². The van der Waals surface area contributed by atoms with Crippen LogP contribution in [0.2, 0.25) is 0 Å². The van der Waals surface area contributed by atoms with Gasteiger partial charge in [0.05, 0.1) is 5.52 Å². The number of anilines is 1. The number of aliphatic carboxylic acids is 1. The number of benzene rings is 1. The Morgan fingerprint density at radius 3 is 2.88 bits per heavy atom. The van der Waals surface area contributed by atoms with Gasteiger partial charge in [-0.05, 0) is 56.9 Å². The smallest absolute Gasteiger partial charge is 0.322 e. The van der Waals surface area contributed by atoms with Gasteiger partial charge >= 0.3 is 5.97 Å². The van der Waals surface area contributed by atoms with Crippen molar-refractivity contribution < 1.29 is 14.3 Å². The highest BCUT2D eigenvalue weighted by Gasteiger charge is 2.43. The molecule has 2 aromatic heterocycles. The maximum atomic E-state index is 14.0. The van der Waals surface area contributed by atoms with Crippen molar-refractivity contribution in [1.29, 1.82) is 0 Å². The zero-order valence-corrected chi connectivity index (χ0v) is 18.8. The zero-order chi connectivity index (χ0) is 23.1. The third kappa shape index (κ3) is 4.18. The number of hydrogen-bond acceptors (Lipinski definition) is 6. The van der Waals surface area contributed by atoms with E-state index in [1.54, 1.807) is 18.5 Å². The number of hydrogen-bond donors (Lipinski definition) is 4. The molecule has 8 nitrogen and oxygen atoms in total. The van der Waals surface area contributed by atoms with Crippen molar-refractivity contribution in [2.45, 2.75) is 57.7 Å². The summed E-state index contributed by atoms with van der Waals surface area (Å²) in [5, 5.41) is 13.8. The van der Waals surface area contributed by atoms with Crippen molar-refractivity contribution in [3.8, 4) is 0 Å². The number of nitrogens with zero attached hydrogens (tertiary/aromatic N) is 3. The Bertz CT molecular complexity index is 1200. The first kappa shape index (κ1) is 21.8. The molecule has 1 aliphatic heterocycles. The lowest BCUT2D eigenvalue weighted by Gasteiger charge is -2.31. The van der Waals surface area contributed by atoms with Crippen LogP contribution in [-0.4, -0.2) is 44.2 Å². The molecule has 0 bridgehead atoms. The van der Waals surface area contributed by atoms with Crippen LogP contribution in [0.4, 0.5) is 10.2 Å². The summed E-state index contributed by atoms with van der Waals surface area (Å²) >= 11 is 0. The van der Waals surface area contributed by atoms with Gasteiger partial charge in [0.2, 0.25) is 0 Å². The van der Waals surface area contributed by atoms with Gasteiger partial charge in [-0.1, -0.05) is 0 Å². The maximum absolute atomic E-state index is 14.0. The molecule has 174 valence electrons. The lowest BCUT2D eigenvalue weighted by Crippen LogP contribution is -2.38. The van der Waals surface area contributed by atoms with E-state index in [9.17, 15) is 14.3 Å². The van der Waals surface area contributed by atoms with Crippen LogP contribution < -0.4 is 16.2 Å². The van der Waals surface area contributed by atoms with E-state index < -0.39 is 12.0 Å². The molecule has 1 aliphatic carbocycles. The third-order valence-electron chi connectivity index (χ3n) is 7.17. The number of carbonyl (C=O) groups is 1. The lowest BCUT2D eigenvalue weighted by atomic mass is 9.75. The van der Waals surface area contributed by atoms with Gasteiger partial charge in [-0.2, -0.15) is 0 Å². The quantitative estimate of drug-likeness (QED) is 0.456. The van der Waals surface area contributed by atoms with E-state index in [0.29, 0.717) is 13.1 Å². The predicted molar refractivity (Wildman–Crippen MR) is 123 cm³/mol. The van der Waals surface area contributed by atoms with Crippen molar-refractivity contribution >= 4 is 22.7 Å². The fourth-order valence-corrected chi connectivity index (χ4v) is 5.49. The van der Waals surface area contributed by atoms with Crippen molar-refractivity contribution in [3.05, 3.63) is 53.4 Å². The van der Waals surface area contributed by atoms with Crippen molar-refractivity contribution in [2.24, 2.45) is 5.92 Å². The molecule has 4 atom stereocenters. The molecule has 33 heavy (non-hydrogen) atoms. The van der Waals surface area contributed by atoms with E-state index in [2.05, 4.69) is 36.8 Å². The number of nitrogens with one attached hydrogen (secondary N) is 3. The summed E-state index contributed by atoms with van der Waals surface area (Å²) in [6.07, 6.45) is 4.18. The normalized spacial score (nSPS) is 24.7. The van der Waals surface area contributed by atoms with Crippen molar-refractivity contribution in [2.75, 3.05) is 11.9 Å². The second-order valence-corrected chi connectivity index (χ2v) is 9.23. The van der Waals surface area contributed by atoms with E-state index in [4.69, 9.17) is 0 Å². The highest BCUT2D eigenvalue weighted by molar-refractivity contribution is 5.84. The predicted octanol–water partition coefficient (Wildman–Crippen LogP) is 3.11. The fourth-order valence-electron chi connectivity index (χ4n) is 5.49. The van der Waals surface area contributed by atoms with Crippen LogP contribution in [-0.2, 0) is 11.3 Å². The molecule has 1 saturated heterocycles. The van der Waals surface area contributed by atoms with Gasteiger partial charge in [0, 0.05) is 53.8 Å². The van der Waals surface area contributed by atoms with E-state index in [0.717, 1.165) is 52.9 Å². The summed E-state index contributed by atoms with van der Waals surface area (Å²) in [6.45, 7) is 5.31. The highest BCUT2D eigenvalue weighted by atomic mass is 19.1. The Hall–Kier alpha value is -3.04. The van der Waals surface area contributed by atoms with Crippen LogP contribution in [0.25, 0.3) is 10.9 Å². The Balaban J connectivity index is 1.24. The minimum atomic E-state index is -0.800. The fraction of sp³-hybridized carbons (Fsp3) is 0.458. The Labute approximate surface area is 191 Å². The molecule has 0 amide bonds. The number of halogens is 1. The molecule has 9 heteroatoms. The summed E-state index contributed by atoms with van der Waals surface area (Å²) in [7, 11) is 0. The molecule has 1 saturated carbocycles. The molecule has 0 radical (unpaired) electrons. The molecule has 3 heterocycles. The first-order chi connectivity index (χ1) is 15.9. The molecule has 2 aliphatic rings. The third-order valence-corrected chi connectivity index (χ3v) is 7.17. The SMILES string of the molecule is Cc1cc(F)cc2c1cc(C)n2CCNc1cc(C2CCC3C(C2)NNC3C(=O)O)ncn1. The zero-order valence-electron chi connectivity index (χ0n) is 18.8. The van der Waals surface area contributed by atoms with Crippen molar-refractivity contribution in [3.63, 3.8) is 0 Å². The van der Waals surface area contributed by atoms with Crippen molar-refractivity contribution in [1.82, 2.24) is 25.4 Å². The molecule has 3 aromatic rings. The standard InChI is InChI=1S/C24H29FN6O2/c1-13-7-16(25)10-21-18(13)8-14(2)31(21)6-5-26-22-11-19(27-12-28-22)15-3-4-17-20(9-15)29-30-23(17)24(32)33/h7-8,10-12,15,17,20,23,29-30H,3-6,9H2,1-2H3,(H,32,33)(H,26,27,28). The average Bonchev–Trinajstić information content (AvgIpc) is 3.35. The number of aromatic nitrogens is 3. The van der Waals surface area contributed by atoms with Gasteiger partial charge in [-0.15, -0.1) is 0 Å². The van der Waals surface area contributed by atoms with E-state index in [1.165, 1.54) is 0 Å². The number of carboxylic acid groups (broad SMARTS) is 1. The van der Waals surface area contributed by atoms with E-state index in [-0.39, 0.29) is 23.7 Å². The van der Waals surface area contributed by atoms with Gasteiger partial charge < -0.3 is 15.0 Å². The Morgan fingerprint density at radius 2 is 2.06 bits per heavy atom. The first-order valence-corrected chi connectivity index (χ1v) is 11.5. The van der Waals surface area contributed by atoms with Crippen LogP contribution >= 0.6 is 0 Å². The number of aryl methyl sites for hydroxylation is 2. The maximum Gasteiger partial charge on any atom is 0.322 e. The Kier molecular flexibility index (Phi) is 5.76. The van der Waals surface area contributed by atoms with Gasteiger partial charge in [-0.3, -0.25) is 10.2 Å². The molecule has 4 unspecified atom stereocenters. The van der Waals surface area contributed by atoms with Gasteiger partial charge in [0.25, 0.3) is 0 Å². The second kappa shape index (κ2) is 8.72. The van der Waals surface area contributed by atoms with Gasteiger partial charge in [0.15, 0.2) is 0 Å². The molecule has 2 fully saturated rings. The Morgan fingerprint density at radius 1 is 1.21 bits per heavy atom. The minimum Gasteiger partial charge on any atom is -0.480 e. The van der Waals surface area contributed by atoms with E-state index >= 15 is 0 Å². The monoisotopic (exact) mass is 452 g/mol. The second-order valence-electron chi connectivity index (χ2n) is 9.23. The summed E-state index contributed by atoms with van der Waals surface area (Å²) in [5.74, 6) is 0.110. The summed E-state index contributed by atoms with van der Waals surface area (Å²) in [4.78, 5) is 20.3. The largest absolute Gasteiger partial charge is 0.480 e. The molecule has 4 N–H and O–H groups in total. The van der Waals surface area contributed by atoms with Crippen LogP contribution in [0.15, 0.2) is 30.6 Å². The highest BCUT2D eigenvalue weighted by Crippen LogP contribution is 2.38. The number of rotatable bonds is 6. The number of hydrazine groups is 1. The van der Waals surface area contributed by atoms with Crippen LogP contribution in [0.1, 0.15) is 42.1 Å². The summed E-state index contributed by atoms with van der Waals surface area (Å²) < 4.78 is 16.1. The number of fused-ring (bicyclic) bond motifs is 2. The number of carboxylic acids is 1. The lowest BCUT2D eigenvalue weighted by molar-refractivity contribution is -0.140. The van der Waals surface area contributed by atoms with Gasteiger partial charge in [0.1, 0.15) is 24.0 Å². The van der Waals surface area contributed by atoms with Crippen LogP contribution in [0.3, 0.4) is 0 Å². The molecular formula is C24H29FN6O2. The summed E-state index contributed by atoms with van der Waals surface area (Å²) in [5.41, 5.74) is 10.0. The molecule has 1 aromatic carbocycles. The van der Waals surface area contributed by atoms with E-state index in [1.807, 2.05) is 19.9 Å². The van der Waals surface area contributed by atoms with Crippen LogP contribution in [0.5, 0.6) is 0 Å². The molecule has 5 rings (SSSR count). The first-order valence-electron chi connectivity index (χ1n) is 11.5. The minimum absolute atomic E-state index is 0.103. The van der Waals surface area contributed by atoms with Crippen LogP contribution in [0, 0.1) is 25.6 Å².